The third-order valence-corrected chi connectivity index (χ3v) is 10.1. The minimum Gasteiger partial charge on any atom is -0.416 e. The Labute approximate surface area is 126 Å². The Morgan fingerprint density at radius 2 is 2.10 bits per heavy atom. The lowest BCUT2D eigenvalue weighted by Crippen LogP contribution is -2.43. The first-order chi connectivity index (χ1) is 9.19. The summed E-state index contributed by atoms with van der Waals surface area (Å²) in [6.45, 7) is 14.9. The highest BCUT2D eigenvalue weighted by Crippen LogP contribution is 2.52. The molecule has 2 heteroatoms. The molecule has 114 valence electrons. The molecule has 0 N–H and O–H groups in total. The molecule has 2 rings (SSSR count). The molecule has 0 radical (unpaired) electrons. The molecule has 0 aromatic rings. The van der Waals surface area contributed by atoms with Crippen LogP contribution in [0.3, 0.4) is 0 Å². The van der Waals surface area contributed by atoms with Gasteiger partial charge in [-0.15, -0.1) is 0 Å². The summed E-state index contributed by atoms with van der Waals surface area (Å²) >= 11 is 0. The summed E-state index contributed by atoms with van der Waals surface area (Å²) in [5, 5.41) is 0.314. The maximum absolute atomic E-state index is 6.56. The maximum Gasteiger partial charge on any atom is 0.192 e. The van der Waals surface area contributed by atoms with E-state index in [1.807, 2.05) is 0 Å². The topological polar surface area (TPSA) is 9.23 Å². The Morgan fingerprint density at radius 1 is 1.40 bits per heavy atom. The highest BCUT2D eigenvalue weighted by molar-refractivity contribution is 6.74. The van der Waals surface area contributed by atoms with Gasteiger partial charge in [-0.05, 0) is 49.7 Å². The molecular formula is C18H32OSi. The number of hydrogen-bond donors (Lipinski definition) is 0. The van der Waals surface area contributed by atoms with Gasteiger partial charge in [0, 0.05) is 12.0 Å². The number of allylic oxidation sites excluding steroid dienone is 4. The molecule has 20 heavy (non-hydrogen) atoms. The maximum atomic E-state index is 6.56. The summed E-state index contributed by atoms with van der Waals surface area (Å²) in [5.74, 6) is 0.701. The van der Waals surface area contributed by atoms with Crippen LogP contribution in [0.1, 0.15) is 53.4 Å². The predicted octanol–water partition coefficient (Wildman–Crippen LogP) is 5.70. The molecule has 0 aromatic carbocycles. The summed E-state index contributed by atoms with van der Waals surface area (Å²) in [4.78, 5) is 0. The van der Waals surface area contributed by atoms with Crippen molar-refractivity contribution < 1.29 is 4.43 Å². The van der Waals surface area contributed by atoms with E-state index in [0.29, 0.717) is 16.4 Å². The third-order valence-electron chi connectivity index (χ3n) is 5.64. The molecule has 0 aliphatic heterocycles. The fourth-order valence-electron chi connectivity index (χ4n) is 3.27. The summed E-state index contributed by atoms with van der Waals surface area (Å²) in [6.07, 6.45) is 12.2. The molecule has 0 heterocycles. The minimum absolute atomic E-state index is 0.314. The average Bonchev–Trinajstić information content (AvgIpc) is 2.58. The molecular weight excluding hydrogens is 260 g/mol. The summed E-state index contributed by atoms with van der Waals surface area (Å²) in [7, 11) is -1.62. The van der Waals surface area contributed by atoms with Crippen LogP contribution in [-0.4, -0.2) is 14.9 Å². The van der Waals surface area contributed by atoms with Gasteiger partial charge >= 0.3 is 0 Å². The van der Waals surface area contributed by atoms with Crippen molar-refractivity contribution >= 4 is 8.32 Å². The molecule has 0 amide bonds. The zero-order chi connectivity index (χ0) is 15.0. The lowest BCUT2D eigenvalue weighted by molar-refractivity contribution is 0.134. The van der Waals surface area contributed by atoms with Crippen molar-refractivity contribution in [1.29, 1.82) is 0 Å². The zero-order valence-corrected chi connectivity index (χ0v) is 15.3. The van der Waals surface area contributed by atoms with Gasteiger partial charge < -0.3 is 4.43 Å². The van der Waals surface area contributed by atoms with Crippen LogP contribution in [0.15, 0.2) is 23.8 Å². The van der Waals surface area contributed by atoms with E-state index in [1.54, 1.807) is 5.57 Å². The number of rotatable bonds is 4. The summed E-state index contributed by atoms with van der Waals surface area (Å²) in [6, 6.07) is 0. The average molecular weight is 293 g/mol. The van der Waals surface area contributed by atoms with E-state index in [1.165, 1.54) is 25.7 Å². The van der Waals surface area contributed by atoms with E-state index in [2.05, 4.69) is 59.0 Å². The Morgan fingerprint density at radius 3 is 2.70 bits per heavy atom. The fourth-order valence-corrected chi connectivity index (χ4v) is 4.37. The van der Waals surface area contributed by atoms with Crippen LogP contribution < -0.4 is 0 Å². The normalized spacial score (nSPS) is 32.1. The monoisotopic (exact) mass is 292 g/mol. The van der Waals surface area contributed by atoms with Crippen LogP contribution in [0.25, 0.3) is 0 Å². The van der Waals surface area contributed by atoms with Crippen LogP contribution in [-0.2, 0) is 4.43 Å². The van der Waals surface area contributed by atoms with Crippen molar-refractivity contribution in [3.05, 3.63) is 23.8 Å². The number of hydrogen-bond acceptors (Lipinski definition) is 1. The molecule has 1 saturated carbocycles. The smallest absolute Gasteiger partial charge is 0.192 e. The lowest BCUT2D eigenvalue weighted by atomic mass is 9.80. The molecule has 0 spiro atoms. The van der Waals surface area contributed by atoms with E-state index in [-0.39, 0.29) is 0 Å². The highest BCUT2D eigenvalue weighted by atomic mass is 28.4. The van der Waals surface area contributed by atoms with Gasteiger partial charge in [0.2, 0.25) is 0 Å². The van der Waals surface area contributed by atoms with Crippen molar-refractivity contribution in [2.75, 3.05) is 6.61 Å². The van der Waals surface area contributed by atoms with Gasteiger partial charge in [-0.2, -0.15) is 0 Å². The predicted molar refractivity (Wildman–Crippen MR) is 90.4 cm³/mol. The van der Waals surface area contributed by atoms with Crippen LogP contribution in [0, 0.1) is 11.3 Å². The second-order valence-corrected chi connectivity index (χ2v) is 13.2. The van der Waals surface area contributed by atoms with E-state index in [0.717, 1.165) is 6.61 Å². The largest absolute Gasteiger partial charge is 0.416 e. The zero-order valence-electron chi connectivity index (χ0n) is 14.3. The molecule has 2 atom stereocenters. The Balaban J connectivity index is 2.07. The molecule has 0 unspecified atom stereocenters. The van der Waals surface area contributed by atoms with E-state index in [4.69, 9.17) is 4.43 Å². The van der Waals surface area contributed by atoms with Gasteiger partial charge in [-0.3, -0.25) is 0 Å². The van der Waals surface area contributed by atoms with Crippen molar-refractivity contribution in [3.8, 4) is 0 Å². The van der Waals surface area contributed by atoms with E-state index < -0.39 is 8.32 Å². The molecule has 1 nitrogen and oxygen atoms in total. The van der Waals surface area contributed by atoms with E-state index >= 15 is 0 Å². The van der Waals surface area contributed by atoms with Crippen molar-refractivity contribution in [2.24, 2.45) is 11.3 Å². The van der Waals surface area contributed by atoms with Crippen molar-refractivity contribution in [1.82, 2.24) is 0 Å². The van der Waals surface area contributed by atoms with Gasteiger partial charge in [-0.25, -0.2) is 0 Å². The Kier molecular flexibility index (Phi) is 4.37. The lowest BCUT2D eigenvalue weighted by Gasteiger charge is -2.40. The first kappa shape index (κ1) is 16.0. The third kappa shape index (κ3) is 3.12. The van der Waals surface area contributed by atoms with Crippen LogP contribution in [0.4, 0.5) is 0 Å². The van der Waals surface area contributed by atoms with Crippen molar-refractivity contribution in [2.45, 2.75) is 71.5 Å². The summed E-state index contributed by atoms with van der Waals surface area (Å²) in [5.41, 5.74) is 2.07. The molecule has 0 saturated heterocycles. The fraction of sp³-hybridized carbons (Fsp3) is 0.778. The molecule has 2 bridgehead atoms. The molecule has 2 aliphatic carbocycles. The van der Waals surface area contributed by atoms with Gasteiger partial charge in [-0.1, -0.05) is 51.5 Å². The van der Waals surface area contributed by atoms with Crippen molar-refractivity contribution in [3.63, 3.8) is 0 Å². The second kappa shape index (κ2) is 5.45. The summed E-state index contributed by atoms with van der Waals surface area (Å²) < 4.78 is 6.56. The molecule has 2 aliphatic rings. The van der Waals surface area contributed by atoms with E-state index in [9.17, 15) is 0 Å². The van der Waals surface area contributed by atoms with Gasteiger partial charge in [0.15, 0.2) is 8.32 Å². The minimum atomic E-state index is -1.62. The van der Waals surface area contributed by atoms with Crippen LogP contribution in [0.2, 0.25) is 18.1 Å². The molecule has 1 fully saturated rings. The van der Waals surface area contributed by atoms with Gasteiger partial charge in [0.25, 0.3) is 0 Å². The van der Waals surface area contributed by atoms with Gasteiger partial charge in [0.1, 0.15) is 0 Å². The van der Waals surface area contributed by atoms with Gasteiger partial charge in [0.05, 0.1) is 0 Å². The second-order valence-electron chi connectivity index (χ2n) is 8.36. The number of fused-ring (bicyclic) bond motifs is 2. The van der Waals surface area contributed by atoms with Crippen LogP contribution in [0.5, 0.6) is 0 Å². The Bertz CT molecular complexity index is 414. The SMILES string of the molecule is CC/C=C1\C[C@@]2(CO[Si](C)(C)C(C)(C)C)CC=C[C@@H]1C2. The van der Waals surface area contributed by atoms with Crippen LogP contribution >= 0.6 is 0 Å². The first-order valence-electron chi connectivity index (χ1n) is 8.19. The molecule has 0 aromatic heterocycles. The first-order valence-corrected chi connectivity index (χ1v) is 11.1. The Hall–Kier alpha value is -0.343. The quantitative estimate of drug-likeness (QED) is 0.477. The standard InChI is InChI=1S/C18H32OSi/c1-7-9-15-12-18(11-8-10-16(15)13-18)14-19-20(5,6)17(2,3)4/h8-10,16H,7,11-14H2,1-6H3/b15-9+/t16-,18+/m1/s1. The highest BCUT2D eigenvalue weighted by Gasteiger charge is 2.45.